The SMILES string of the molecule is C/C(CCc1ccc(N(C)C)cc1)=N/O. The summed E-state index contributed by atoms with van der Waals surface area (Å²) in [4.78, 5) is 2.07. The Morgan fingerprint density at radius 3 is 2.33 bits per heavy atom. The second-order valence-corrected chi connectivity index (χ2v) is 3.90. The van der Waals surface area contributed by atoms with Gasteiger partial charge in [0, 0.05) is 19.8 Å². The summed E-state index contributed by atoms with van der Waals surface area (Å²) in [7, 11) is 4.05. The van der Waals surface area contributed by atoms with Crippen LogP contribution in [-0.4, -0.2) is 25.0 Å². The van der Waals surface area contributed by atoms with E-state index in [4.69, 9.17) is 5.21 Å². The third-order valence-corrected chi connectivity index (χ3v) is 2.40. The van der Waals surface area contributed by atoms with Gasteiger partial charge in [-0.2, -0.15) is 0 Å². The highest BCUT2D eigenvalue weighted by Crippen LogP contribution is 2.13. The molecular formula is C12H18N2O. The van der Waals surface area contributed by atoms with Gasteiger partial charge >= 0.3 is 0 Å². The minimum absolute atomic E-state index is 0.770. The number of anilines is 1. The van der Waals surface area contributed by atoms with Crippen LogP contribution in [0.1, 0.15) is 18.9 Å². The lowest BCUT2D eigenvalue weighted by molar-refractivity contribution is 0.317. The van der Waals surface area contributed by atoms with Crippen molar-refractivity contribution >= 4 is 11.4 Å². The Labute approximate surface area is 91.0 Å². The summed E-state index contributed by atoms with van der Waals surface area (Å²) in [6, 6.07) is 8.42. The number of nitrogens with zero attached hydrogens (tertiary/aromatic N) is 2. The molecule has 0 radical (unpaired) electrons. The molecule has 1 aromatic carbocycles. The third-order valence-electron chi connectivity index (χ3n) is 2.40. The molecule has 1 N–H and O–H groups in total. The monoisotopic (exact) mass is 206 g/mol. The van der Waals surface area contributed by atoms with E-state index in [2.05, 4.69) is 34.3 Å². The first kappa shape index (κ1) is 11.6. The maximum Gasteiger partial charge on any atom is 0.0543 e. The van der Waals surface area contributed by atoms with Gasteiger partial charge in [-0.3, -0.25) is 0 Å². The summed E-state index contributed by atoms with van der Waals surface area (Å²) < 4.78 is 0. The van der Waals surface area contributed by atoms with E-state index in [0.29, 0.717) is 0 Å². The highest BCUT2D eigenvalue weighted by Gasteiger charge is 1.98. The molecule has 0 aliphatic rings. The van der Waals surface area contributed by atoms with Crippen molar-refractivity contribution in [3.05, 3.63) is 29.8 Å². The molecule has 0 saturated carbocycles. The number of hydrogen-bond acceptors (Lipinski definition) is 3. The average Bonchev–Trinajstić information content (AvgIpc) is 2.26. The molecule has 0 spiro atoms. The van der Waals surface area contributed by atoms with Crippen LogP contribution in [0, 0.1) is 0 Å². The van der Waals surface area contributed by atoms with Gasteiger partial charge in [-0.05, 0) is 37.5 Å². The van der Waals surface area contributed by atoms with Crippen LogP contribution in [0.5, 0.6) is 0 Å². The van der Waals surface area contributed by atoms with Crippen LogP contribution < -0.4 is 4.90 Å². The van der Waals surface area contributed by atoms with E-state index in [1.54, 1.807) is 0 Å². The molecule has 0 aliphatic heterocycles. The van der Waals surface area contributed by atoms with E-state index in [9.17, 15) is 0 Å². The van der Waals surface area contributed by atoms with Crippen molar-refractivity contribution in [1.82, 2.24) is 0 Å². The minimum atomic E-state index is 0.770. The van der Waals surface area contributed by atoms with Gasteiger partial charge < -0.3 is 10.1 Å². The lowest BCUT2D eigenvalue weighted by Gasteiger charge is -2.12. The van der Waals surface area contributed by atoms with Crippen LogP contribution in [0.15, 0.2) is 29.4 Å². The second kappa shape index (κ2) is 5.39. The average molecular weight is 206 g/mol. The quantitative estimate of drug-likeness (QED) is 0.467. The molecule has 0 unspecified atom stereocenters. The summed E-state index contributed by atoms with van der Waals surface area (Å²) in [6.45, 7) is 1.83. The van der Waals surface area contributed by atoms with Crippen LogP contribution in [0.4, 0.5) is 5.69 Å². The summed E-state index contributed by atoms with van der Waals surface area (Å²) in [5.41, 5.74) is 3.24. The molecule has 0 heterocycles. The number of oxime groups is 1. The van der Waals surface area contributed by atoms with Crippen LogP contribution in [0.25, 0.3) is 0 Å². The molecule has 0 saturated heterocycles. The first-order valence-corrected chi connectivity index (χ1v) is 5.07. The summed E-state index contributed by atoms with van der Waals surface area (Å²) >= 11 is 0. The predicted molar refractivity (Wildman–Crippen MR) is 64.0 cm³/mol. The number of benzene rings is 1. The van der Waals surface area contributed by atoms with Crippen molar-refractivity contribution in [2.75, 3.05) is 19.0 Å². The lowest BCUT2D eigenvalue weighted by Crippen LogP contribution is -2.08. The molecule has 0 atom stereocenters. The van der Waals surface area contributed by atoms with Gasteiger partial charge in [0.2, 0.25) is 0 Å². The van der Waals surface area contributed by atoms with E-state index in [1.807, 2.05) is 21.0 Å². The van der Waals surface area contributed by atoms with Gasteiger partial charge in [-0.1, -0.05) is 17.3 Å². The molecule has 1 aromatic rings. The largest absolute Gasteiger partial charge is 0.411 e. The van der Waals surface area contributed by atoms with E-state index in [0.717, 1.165) is 18.6 Å². The standard InChI is InChI=1S/C12H18N2O/c1-10(13-15)4-5-11-6-8-12(9-7-11)14(2)3/h6-9,15H,4-5H2,1-3H3/b13-10-. The van der Waals surface area contributed by atoms with Crippen LogP contribution in [0.3, 0.4) is 0 Å². The normalized spacial score (nSPS) is 11.5. The number of rotatable bonds is 4. The van der Waals surface area contributed by atoms with Crippen molar-refractivity contribution in [3.8, 4) is 0 Å². The molecule has 15 heavy (non-hydrogen) atoms. The Hall–Kier alpha value is -1.51. The van der Waals surface area contributed by atoms with Crippen molar-refractivity contribution in [2.45, 2.75) is 19.8 Å². The van der Waals surface area contributed by atoms with Gasteiger partial charge in [-0.15, -0.1) is 0 Å². The Balaban J connectivity index is 2.57. The maximum absolute atomic E-state index is 8.51. The zero-order chi connectivity index (χ0) is 11.3. The second-order valence-electron chi connectivity index (χ2n) is 3.90. The molecule has 0 amide bonds. The van der Waals surface area contributed by atoms with E-state index < -0.39 is 0 Å². The molecule has 3 heteroatoms. The van der Waals surface area contributed by atoms with Crippen molar-refractivity contribution in [2.24, 2.45) is 5.16 Å². The summed E-state index contributed by atoms with van der Waals surface area (Å²) in [5.74, 6) is 0. The molecule has 1 rings (SSSR count). The molecule has 0 aromatic heterocycles. The van der Waals surface area contributed by atoms with Gasteiger partial charge in [-0.25, -0.2) is 0 Å². The molecule has 0 fully saturated rings. The topological polar surface area (TPSA) is 35.8 Å². The first-order chi connectivity index (χ1) is 7.13. The van der Waals surface area contributed by atoms with Gasteiger partial charge in [0.25, 0.3) is 0 Å². The van der Waals surface area contributed by atoms with E-state index in [1.165, 1.54) is 11.3 Å². The Kier molecular flexibility index (Phi) is 4.16. The number of hydrogen-bond donors (Lipinski definition) is 1. The van der Waals surface area contributed by atoms with E-state index in [-0.39, 0.29) is 0 Å². The number of aryl methyl sites for hydroxylation is 1. The fraction of sp³-hybridized carbons (Fsp3) is 0.417. The summed E-state index contributed by atoms with van der Waals surface area (Å²) in [6.07, 6.45) is 1.72. The van der Waals surface area contributed by atoms with E-state index >= 15 is 0 Å². The smallest absolute Gasteiger partial charge is 0.0543 e. The van der Waals surface area contributed by atoms with Crippen LogP contribution in [0.2, 0.25) is 0 Å². The maximum atomic E-state index is 8.51. The zero-order valence-electron chi connectivity index (χ0n) is 9.57. The lowest BCUT2D eigenvalue weighted by atomic mass is 10.1. The van der Waals surface area contributed by atoms with Crippen molar-refractivity contribution in [3.63, 3.8) is 0 Å². The molecule has 82 valence electrons. The fourth-order valence-corrected chi connectivity index (χ4v) is 1.34. The highest BCUT2D eigenvalue weighted by molar-refractivity contribution is 5.81. The van der Waals surface area contributed by atoms with Crippen molar-refractivity contribution in [1.29, 1.82) is 0 Å². The van der Waals surface area contributed by atoms with Crippen LogP contribution >= 0.6 is 0 Å². The Morgan fingerprint density at radius 1 is 1.27 bits per heavy atom. The van der Waals surface area contributed by atoms with Crippen molar-refractivity contribution < 1.29 is 5.21 Å². The molecular weight excluding hydrogens is 188 g/mol. The highest BCUT2D eigenvalue weighted by atomic mass is 16.4. The van der Waals surface area contributed by atoms with Gasteiger partial charge in [0.1, 0.15) is 0 Å². The molecule has 3 nitrogen and oxygen atoms in total. The molecule has 0 aliphatic carbocycles. The van der Waals surface area contributed by atoms with Gasteiger partial charge in [0.05, 0.1) is 5.71 Å². The van der Waals surface area contributed by atoms with Crippen LogP contribution in [-0.2, 0) is 6.42 Å². The third kappa shape index (κ3) is 3.62. The minimum Gasteiger partial charge on any atom is -0.411 e. The summed E-state index contributed by atoms with van der Waals surface area (Å²) in [5, 5.41) is 11.7. The Morgan fingerprint density at radius 2 is 1.87 bits per heavy atom. The zero-order valence-corrected chi connectivity index (χ0v) is 9.57. The Bertz CT molecular complexity index is 328. The first-order valence-electron chi connectivity index (χ1n) is 5.07. The predicted octanol–water partition coefficient (Wildman–Crippen LogP) is 2.54. The molecule has 0 bridgehead atoms. The van der Waals surface area contributed by atoms with Gasteiger partial charge in [0.15, 0.2) is 0 Å². The fourth-order valence-electron chi connectivity index (χ4n) is 1.34.